The van der Waals surface area contributed by atoms with Gasteiger partial charge in [0.25, 0.3) is 5.91 Å². The number of rotatable bonds is 4. The number of aromatic nitrogens is 2. The maximum Gasteiger partial charge on any atom is 0.272 e. The van der Waals surface area contributed by atoms with Gasteiger partial charge in [-0.25, -0.2) is 4.98 Å². The highest BCUT2D eigenvalue weighted by Gasteiger charge is 2.45. The van der Waals surface area contributed by atoms with Gasteiger partial charge in [0.15, 0.2) is 5.13 Å². The minimum Gasteiger partial charge on any atom is -0.324 e. The fraction of sp³-hybridized carbons (Fsp3) is 0.429. The molecule has 1 aliphatic rings. The van der Waals surface area contributed by atoms with Crippen LogP contribution >= 0.6 is 34.4 Å². The third-order valence-electron chi connectivity index (χ3n) is 3.51. The number of hydrogen-bond donors (Lipinski definition) is 3. The van der Waals surface area contributed by atoms with Crippen molar-refractivity contribution in [1.82, 2.24) is 20.6 Å². The van der Waals surface area contributed by atoms with Gasteiger partial charge in [0.2, 0.25) is 5.91 Å². The molecule has 0 bridgehead atoms. The molecule has 0 aromatic carbocycles. The van der Waals surface area contributed by atoms with Gasteiger partial charge >= 0.3 is 0 Å². The Kier molecular flexibility index (Phi) is 4.65. The number of hydrogen-bond acceptors (Lipinski definition) is 8. The highest BCUT2D eigenvalue weighted by Crippen LogP contribution is 2.40. The van der Waals surface area contributed by atoms with E-state index in [9.17, 15) is 9.59 Å². The Labute approximate surface area is 151 Å². The Balaban J connectivity index is 1.68. The van der Waals surface area contributed by atoms with Gasteiger partial charge in [-0.15, -0.1) is 34.4 Å². The first kappa shape index (κ1) is 17.3. The molecule has 2 amide bonds. The molecule has 2 unspecified atom stereocenters. The van der Waals surface area contributed by atoms with Crippen LogP contribution in [0, 0.1) is 0 Å². The van der Waals surface area contributed by atoms with E-state index >= 15 is 0 Å². The molecule has 3 heterocycles. The molecular weight excluding hydrogens is 366 g/mol. The number of thioether (sulfide) groups is 1. The quantitative estimate of drug-likeness (QED) is 0.749. The zero-order valence-corrected chi connectivity index (χ0v) is 15.8. The summed E-state index contributed by atoms with van der Waals surface area (Å²) in [6, 6.07) is 0. The van der Waals surface area contributed by atoms with Crippen molar-refractivity contribution in [3.05, 3.63) is 27.7 Å². The number of carbonyl (C=O) groups is 2. The number of anilines is 1. The van der Waals surface area contributed by atoms with Gasteiger partial charge in [0.1, 0.15) is 10.7 Å². The van der Waals surface area contributed by atoms with Crippen LogP contribution in [-0.2, 0) is 10.3 Å². The van der Waals surface area contributed by atoms with Gasteiger partial charge in [-0.3, -0.25) is 19.9 Å². The molecule has 0 saturated carbocycles. The molecule has 128 valence electrons. The largest absolute Gasteiger partial charge is 0.324 e. The smallest absolute Gasteiger partial charge is 0.272 e. The van der Waals surface area contributed by atoms with Crippen molar-refractivity contribution in [2.24, 2.45) is 0 Å². The topological polar surface area (TPSA) is 96.0 Å². The maximum absolute atomic E-state index is 12.5. The fourth-order valence-corrected chi connectivity index (χ4v) is 5.28. The van der Waals surface area contributed by atoms with Crippen molar-refractivity contribution in [3.8, 4) is 0 Å². The molecule has 2 atom stereocenters. The Hall–Kier alpha value is -1.49. The molecule has 2 aromatic rings. The SMILES string of the molecule is CC(=O)Nc1nc(C(=O)NC2(C)NC(C)(c3cncs3)CS2)cs1. The van der Waals surface area contributed by atoms with Crippen LogP contribution in [0.2, 0.25) is 0 Å². The number of carbonyl (C=O) groups excluding carboxylic acids is 2. The van der Waals surface area contributed by atoms with Crippen LogP contribution in [0.3, 0.4) is 0 Å². The van der Waals surface area contributed by atoms with Crippen molar-refractivity contribution in [2.45, 2.75) is 31.3 Å². The fourth-order valence-electron chi connectivity index (χ4n) is 2.44. The molecule has 1 aliphatic heterocycles. The van der Waals surface area contributed by atoms with Gasteiger partial charge in [0, 0.05) is 29.1 Å². The molecule has 2 aromatic heterocycles. The van der Waals surface area contributed by atoms with E-state index in [2.05, 4.69) is 32.8 Å². The summed E-state index contributed by atoms with van der Waals surface area (Å²) in [6.45, 7) is 5.44. The number of nitrogens with zero attached hydrogens (tertiary/aromatic N) is 2. The third-order valence-corrected chi connectivity index (χ3v) is 6.81. The van der Waals surface area contributed by atoms with E-state index in [0.29, 0.717) is 10.8 Å². The predicted molar refractivity (Wildman–Crippen MR) is 97.3 cm³/mol. The first-order valence-electron chi connectivity index (χ1n) is 7.18. The lowest BCUT2D eigenvalue weighted by Gasteiger charge is -2.29. The average Bonchev–Trinajstić information content (AvgIpc) is 3.19. The summed E-state index contributed by atoms with van der Waals surface area (Å²) in [5.74, 6) is 0.329. The van der Waals surface area contributed by atoms with E-state index in [-0.39, 0.29) is 17.4 Å². The van der Waals surface area contributed by atoms with Crippen LogP contribution in [0.25, 0.3) is 0 Å². The first-order chi connectivity index (χ1) is 11.3. The molecule has 3 N–H and O–H groups in total. The van der Waals surface area contributed by atoms with Crippen LogP contribution in [0.1, 0.15) is 36.1 Å². The van der Waals surface area contributed by atoms with Gasteiger partial charge in [-0.05, 0) is 13.8 Å². The van der Waals surface area contributed by atoms with Crippen LogP contribution in [0.5, 0.6) is 0 Å². The molecule has 24 heavy (non-hydrogen) atoms. The van der Waals surface area contributed by atoms with E-state index in [1.807, 2.05) is 13.1 Å². The zero-order chi connectivity index (χ0) is 17.4. The summed E-state index contributed by atoms with van der Waals surface area (Å²) in [4.78, 5) is 32.3. The van der Waals surface area contributed by atoms with Crippen molar-refractivity contribution in [3.63, 3.8) is 0 Å². The molecule has 0 aliphatic carbocycles. The second-order valence-electron chi connectivity index (χ2n) is 5.82. The molecular formula is C14H17N5O2S3. The predicted octanol–water partition coefficient (Wildman–Crippen LogP) is 2.21. The average molecular weight is 384 g/mol. The van der Waals surface area contributed by atoms with Gasteiger partial charge in [-0.1, -0.05) is 0 Å². The van der Waals surface area contributed by atoms with E-state index in [1.165, 1.54) is 18.3 Å². The summed E-state index contributed by atoms with van der Waals surface area (Å²) in [5.41, 5.74) is 1.86. The molecule has 3 rings (SSSR count). The van der Waals surface area contributed by atoms with Gasteiger partial charge < -0.3 is 10.6 Å². The summed E-state index contributed by atoms with van der Waals surface area (Å²) in [5, 5.41) is 11.1. The summed E-state index contributed by atoms with van der Waals surface area (Å²) in [6.07, 6.45) is 1.85. The van der Waals surface area contributed by atoms with E-state index in [0.717, 1.165) is 10.6 Å². The minimum absolute atomic E-state index is 0.211. The molecule has 0 radical (unpaired) electrons. The number of nitrogens with one attached hydrogen (secondary N) is 3. The van der Waals surface area contributed by atoms with Crippen molar-refractivity contribution >= 4 is 51.4 Å². The molecule has 1 saturated heterocycles. The summed E-state index contributed by atoms with van der Waals surface area (Å²) in [7, 11) is 0. The summed E-state index contributed by atoms with van der Waals surface area (Å²) >= 11 is 4.45. The van der Waals surface area contributed by atoms with Crippen molar-refractivity contribution in [1.29, 1.82) is 0 Å². The first-order valence-corrected chi connectivity index (χ1v) is 9.92. The Morgan fingerprint density at radius 1 is 1.33 bits per heavy atom. The monoisotopic (exact) mass is 383 g/mol. The van der Waals surface area contributed by atoms with Gasteiger partial charge in [0.05, 0.1) is 11.0 Å². The normalized spacial score (nSPS) is 26.3. The standard InChI is InChI=1S/C14H17N5O2S3/c1-8(20)16-12-17-9(5-22-12)11(21)18-14(3)19-13(2,6-24-14)10-4-15-7-23-10/h4-5,7,19H,6H2,1-3H3,(H,18,21)(H,16,17,20). The van der Waals surface area contributed by atoms with Crippen LogP contribution in [-0.4, -0.2) is 32.5 Å². The van der Waals surface area contributed by atoms with Gasteiger partial charge in [-0.2, -0.15) is 0 Å². The van der Waals surface area contributed by atoms with E-state index in [1.54, 1.807) is 34.0 Å². The highest BCUT2D eigenvalue weighted by molar-refractivity contribution is 8.00. The maximum atomic E-state index is 12.5. The lowest BCUT2D eigenvalue weighted by molar-refractivity contribution is -0.114. The van der Waals surface area contributed by atoms with Crippen LogP contribution in [0.4, 0.5) is 5.13 Å². The minimum atomic E-state index is -0.604. The highest BCUT2D eigenvalue weighted by atomic mass is 32.2. The van der Waals surface area contributed by atoms with E-state index in [4.69, 9.17) is 0 Å². The molecule has 10 heteroatoms. The van der Waals surface area contributed by atoms with Crippen LogP contribution in [0.15, 0.2) is 17.1 Å². The Bertz CT molecular complexity index is 762. The number of amides is 2. The molecule has 7 nitrogen and oxygen atoms in total. The summed E-state index contributed by atoms with van der Waals surface area (Å²) < 4.78 is 0. The Morgan fingerprint density at radius 2 is 2.12 bits per heavy atom. The van der Waals surface area contributed by atoms with E-state index < -0.39 is 4.99 Å². The second-order valence-corrected chi connectivity index (χ2v) is 8.96. The third kappa shape index (κ3) is 3.61. The van der Waals surface area contributed by atoms with Crippen molar-refractivity contribution < 1.29 is 9.59 Å². The second kappa shape index (κ2) is 6.43. The zero-order valence-electron chi connectivity index (χ0n) is 13.4. The lowest BCUT2D eigenvalue weighted by atomic mass is 10.0. The lowest BCUT2D eigenvalue weighted by Crippen LogP contribution is -2.55. The molecule has 0 spiro atoms. The van der Waals surface area contributed by atoms with Crippen molar-refractivity contribution in [2.75, 3.05) is 11.1 Å². The Morgan fingerprint density at radius 3 is 2.79 bits per heavy atom. The molecule has 1 fully saturated rings. The number of thiazole rings is 2. The van der Waals surface area contributed by atoms with Crippen LogP contribution < -0.4 is 16.0 Å².